The van der Waals surface area contributed by atoms with Crippen molar-refractivity contribution in [2.24, 2.45) is 0 Å². The molecule has 0 aliphatic rings. The van der Waals surface area contributed by atoms with Gasteiger partial charge in [0.2, 0.25) is 0 Å². The van der Waals surface area contributed by atoms with E-state index in [1.807, 2.05) is 38.1 Å². The number of nitrogens with one attached hydrogen (secondary N) is 1. The molecule has 0 aromatic heterocycles. The molecule has 5 heteroatoms. The zero-order chi connectivity index (χ0) is 14.7. The molecule has 0 radical (unpaired) electrons. The standard InChI is InChI=1S/C15H15BrN2O2/c1-10-4-3-5-11(2)15(10)17-9-12-6-13(16)8-14(7-12)18(19)20/h3-8,17H,9H2,1-2H3. The van der Waals surface area contributed by atoms with Gasteiger partial charge in [-0.3, -0.25) is 10.1 Å². The van der Waals surface area contributed by atoms with Gasteiger partial charge in [-0.1, -0.05) is 34.1 Å². The van der Waals surface area contributed by atoms with Crippen molar-refractivity contribution in [1.82, 2.24) is 0 Å². The summed E-state index contributed by atoms with van der Waals surface area (Å²) >= 11 is 3.30. The van der Waals surface area contributed by atoms with E-state index in [0.717, 1.165) is 22.4 Å². The van der Waals surface area contributed by atoms with Crippen LogP contribution in [0.5, 0.6) is 0 Å². The molecule has 0 amide bonds. The minimum Gasteiger partial charge on any atom is -0.381 e. The van der Waals surface area contributed by atoms with Gasteiger partial charge >= 0.3 is 0 Å². The fourth-order valence-corrected chi connectivity index (χ4v) is 2.65. The summed E-state index contributed by atoms with van der Waals surface area (Å²) in [7, 11) is 0. The maximum Gasteiger partial charge on any atom is 0.270 e. The molecule has 0 fully saturated rings. The molecule has 0 unspecified atom stereocenters. The third kappa shape index (κ3) is 3.36. The lowest BCUT2D eigenvalue weighted by atomic mass is 10.1. The Hall–Kier alpha value is -1.88. The Bertz CT molecular complexity index is 636. The second kappa shape index (κ2) is 6.05. The van der Waals surface area contributed by atoms with Crippen LogP contribution in [-0.2, 0) is 6.54 Å². The van der Waals surface area contributed by atoms with E-state index in [-0.39, 0.29) is 10.6 Å². The number of rotatable bonds is 4. The Morgan fingerprint density at radius 3 is 2.45 bits per heavy atom. The third-order valence-electron chi connectivity index (χ3n) is 3.10. The SMILES string of the molecule is Cc1cccc(C)c1NCc1cc(Br)cc([N+](=O)[O-])c1. The maximum absolute atomic E-state index is 10.9. The number of hydrogen-bond acceptors (Lipinski definition) is 3. The van der Waals surface area contributed by atoms with Crippen molar-refractivity contribution >= 4 is 27.3 Å². The second-order valence-corrected chi connectivity index (χ2v) is 5.61. The highest BCUT2D eigenvalue weighted by molar-refractivity contribution is 9.10. The van der Waals surface area contributed by atoms with Crippen LogP contribution in [0.4, 0.5) is 11.4 Å². The van der Waals surface area contributed by atoms with Crippen molar-refractivity contribution < 1.29 is 4.92 Å². The average Bonchev–Trinajstić information content (AvgIpc) is 2.37. The monoisotopic (exact) mass is 334 g/mol. The van der Waals surface area contributed by atoms with Gasteiger partial charge < -0.3 is 5.32 Å². The molecule has 0 saturated heterocycles. The Kier molecular flexibility index (Phi) is 4.39. The molecule has 1 N–H and O–H groups in total. The molecule has 20 heavy (non-hydrogen) atoms. The highest BCUT2D eigenvalue weighted by Crippen LogP contribution is 2.24. The van der Waals surface area contributed by atoms with Gasteiger partial charge in [0.1, 0.15) is 0 Å². The van der Waals surface area contributed by atoms with Crippen LogP contribution in [0.15, 0.2) is 40.9 Å². The van der Waals surface area contributed by atoms with E-state index in [4.69, 9.17) is 0 Å². The number of nitro groups is 1. The first-order valence-corrected chi connectivity index (χ1v) is 7.00. The summed E-state index contributed by atoms with van der Waals surface area (Å²) in [6.07, 6.45) is 0. The molecule has 0 spiro atoms. The number of nitro benzene ring substituents is 1. The molecule has 4 nitrogen and oxygen atoms in total. The van der Waals surface area contributed by atoms with Crippen LogP contribution >= 0.6 is 15.9 Å². The zero-order valence-electron chi connectivity index (χ0n) is 11.3. The van der Waals surface area contributed by atoms with E-state index in [2.05, 4.69) is 21.2 Å². The van der Waals surface area contributed by atoms with Gasteiger partial charge in [-0.2, -0.15) is 0 Å². The molecule has 0 atom stereocenters. The summed E-state index contributed by atoms with van der Waals surface area (Å²) in [5.74, 6) is 0. The minimum atomic E-state index is -0.382. The quantitative estimate of drug-likeness (QED) is 0.657. The first kappa shape index (κ1) is 14.5. The number of hydrogen-bond donors (Lipinski definition) is 1. The van der Waals surface area contributed by atoms with Gasteiger partial charge in [-0.15, -0.1) is 0 Å². The smallest absolute Gasteiger partial charge is 0.270 e. The highest BCUT2D eigenvalue weighted by atomic mass is 79.9. The Labute approximate surface area is 126 Å². The summed E-state index contributed by atoms with van der Waals surface area (Å²) < 4.78 is 0.713. The van der Waals surface area contributed by atoms with E-state index < -0.39 is 0 Å². The summed E-state index contributed by atoms with van der Waals surface area (Å²) in [6.45, 7) is 4.63. The fourth-order valence-electron chi connectivity index (χ4n) is 2.12. The summed E-state index contributed by atoms with van der Waals surface area (Å²) in [5, 5.41) is 14.2. The molecule has 0 saturated carbocycles. The van der Waals surface area contributed by atoms with Crippen molar-refractivity contribution in [3.05, 3.63) is 67.7 Å². The van der Waals surface area contributed by atoms with Crippen molar-refractivity contribution in [3.63, 3.8) is 0 Å². The number of para-hydroxylation sites is 1. The summed E-state index contributed by atoms with van der Waals surface area (Å²) in [5.41, 5.74) is 4.37. The fraction of sp³-hybridized carbons (Fsp3) is 0.200. The molecule has 2 aromatic carbocycles. The molecule has 2 rings (SSSR count). The summed E-state index contributed by atoms with van der Waals surface area (Å²) in [4.78, 5) is 10.5. The van der Waals surface area contributed by atoms with E-state index in [1.165, 1.54) is 6.07 Å². The van der Waals surface area contributed by atoms with Gasteiger partial charge in [-0.25, -0.2) is 0 Å². The predicted octanol–water partition coefficient (Wildman–Crippen LogP) is 4.59. The Morgan fingerprint density at radius 1 is 1.20 bits per heavy atom. The van der Waals surface area contributed by atoms with Gasteiger partial charge in [0.15, 0.2) is 0 Å². The number of halogens is 1. The maximum atomic E-state index is 10.9. The molecule has 104 valence electrons. The zero-order valence-corrected chi connectivity index (χ0v) is 12.9. The normalized spacial score (nSPS) is 10.3. The molecule has 2 aromatic rings. The molecular weight excluding hydrogens is 320 g/mol. The van der Waals surface area contributed by atoms with Gasteiger partial charge in [0.25, 0.3) is 5.69 Å². The second-order valence-electron chi connectivity index (χ2n) is 4.70. The number of anilines is 1. The average molecular weight is 335 g/mol. The summed E-state index contributed by atoms with van der Waals surface area (Å²) in [6, 6.07) is 11.1. The first-order chi connectivity index (χ1) is 9.47. The van der Waals surface area contributed by atoms with E-state index in [9.17, 15) is 10.1 Å². The molecule has 0 heterocycles. The van der Waals surface area contributed by atoms with Crippen molar-refractivity contribution in [1.29, 1.82) is 0 Å². The minimum absolute atomic E-state index is 0.0951. The number of non-ortho nitro benzene ring substituents is 1. The van der Waals surface area contributed by atoms with Crippen LogP contribution in [0.25, 0.3) is 0 Å². The van der Waals surface area contributed by atoms with E-state index >= 15 is 0 Å². The van der Waals surface area contributed by atoms with Crippen LogP contribution in [0.2, 0.25) is 0 Å². The third-order valence-corrected chi connectivity index (χ3v) is 3.56. The van der Waals surface area contributed by atoms with Crippen molar-refractivity contribution in [3.8, 4) is 0 Å². The lowest BCUT2D eigenvalue weighted by Crippen LogP contribution is -2.03. The molecule has 0 aliphatic heterocycles. The lowest BCUT2D eigenvalue weighted by molar-refractivity contribution is -0.385. The van der Waals surface area contributed by atoms with Crippen molar-refractivity contribution in [2.75, 3.05) is 5.32 Å². The van der Waals surface area contributed by atoms with Gasteiger partial charge in [0.05, 0.1) is 4.92 Å². The van der Waals surface area contributed by atoms with E-state index in [1.54, 1.807) is 6.07 Å². The topological polar surface area (TPSA) is 55.2 Å². The molecular formula is C15H15BrN2O2. The van der Waals surface area contributed by atoms with Crippen LogP contribution in [-0.4, -0.2) is 4.92 Å². The number of aryl methyl sites for hydroxylation is 2. The Balaban J connectivity index is 2.21. The van der Waals surface area contributed by atoms with Crippen LogP contribution in [0, 0.1) is 24.0 Å². The van der Waals surface area contributed by atoms with Crippen LogP contribution < -0.4 is 5.32 Å². The van der Waals surface area contributed by atoms with Gasteiger partial charge in [-0.05, 0) is 36.6 Å². The number of nitrogens with zero attached hydrogens (tertiary/aromatic N) is 1. The first-order valence-electron chi connectivity index (χ1n) is 6.21. The lowest BCUT2D eigenvalue weighted by Gasteiger charge is -2.12. The van der Waals surface area contributed by atoms with Gasteiger partial charge in [0, 0.05) is 28.8 Å². The predicted molar refractivity (Wildman–Crippen MR) is 84.0 cm³/mol. The van der Waals surface area contributed by atoms with Crippen LogP contribution in [0.3, 0.4) is 0 Å². The molecule has 0 aliphatic carbocycles. The Morgan fingerprint density at radius 2 is 1.85 bits per heavy atom. The van der Waals surface area contributed by atoms with Crippen LogP contribution in [0.1, 0.15) is 16.7 Å². The highest BCUT2D eigenvalue weighted by Gasteiger charge is 2.09. The largest absolute Gasteiger partial charge is 0.381 e. The number of benzene rings is 2. The van der Waals surface area contributed by atoms with Crippen molar-refractivity contribution in [2.45, 2.75) is 20.4 Å². The molecule has 0 bridgehead atoms. The van der Waals surface area contributed by atoms with E-state index in [0.29, 0.717) is 11.0 Å².